The van der Waals surface area contributed by atoms with Gasteiger partial charge in [0.15, 0.2) is 6.10 Å². The zero-order valence-corrected chi connectivity index (χ0v) is 7.72. The molecule has 0 N–H and O–H groups in total. The minimum absolute atomic E-state index is 0.614. The molecule has 0 saturated carbocycles. The van der Waals surface area contributed by atoms with Crippen LogP contribution in [-0.2, 0) is 28.6 Å². The van der Waals surface area contributed by atoms with Gasteiger partial charge in [0.25, 0.3) is 15.6 Å². The van der Waals surface area contributed by atoms with Crippen LogP contribution in [-0.4, -0.2) is 40.3 Å². The Morgan fingerprint density at radius 3 is 2.31 bits per heavy atom. The molecule has 2 rings (SSSR count). The van der Waals surface area contributed by atoms with Gasteiger partial charge in [-0.15, -0.1) is 0 Å². The zero-order chi connectivity index (χ0) is 9.85. The first-order chi connectivity index (χ1) is 5.82. The van der Waals surface area contributed by atoms with Crippen LogP contribution in [0.4, 0.5) is 4.39 Å². The van der Waals surface area contributed by atoms with Crippen LogP contribution in [0, 0.1) is 0 Å². The monoisotopic (exact) mass is 232 g/mol. The van der Waals surface area contributed by atoms with Crippen molar-refractivity contribution in [2.24, 2.45) is 0 Å². The van der Waals surface area contributed by atoms with E-state index in [9.17, 15) is 21.2 Å². The molecule has 0 aliphatic carbocycles. The topological polar surface area (TPSA) is 86.7 Å². The van der Waals surface area contributed by atoms with Crippen LogP contribution in [0.5, 0.6) is 0 Å². The third kappa shape index (κ3) is 1.35. The van der Waals surface area contributed by atoms with E-state index < -0.39 is 43.7 Å². The fraction of sp³-hybridized carbons (Fsp3) is 1.00. The lowest BCUT2D eigenvalue weighted by atomic mass is 10.2. The van der Waals surface area contributed by atoms with Crippen molar-refractivity contribution in [2.45, 2.75) is 17.7 Å². The molecule has 0 bridgehead atoms. The predicted molar refractivity (Wildman–Crippen MR) is 37.3 cm³/mol. The van der Waals surface area contributed by atoms with Gasteiger partial charge in [-0.25, -0.2) is 4.39 Å². The number of hydrogen-bond donors (Lipinski definition) is 0. The molecule has 6 nitrogen and oxygen atoms in total. The zero-order valence-electron chi connectivity index (χ0n) is 6.08. The van der Waals surface area contributed by atoms with E-state index in [2.05, 4.69) is 8.37 Å². The summed E-state index contributed by atoms with van der Waals surface area (Å²) in [5, 5.41) is 0. The highest BCUT2D eigenvalue weighted by Gasteiger charge is 2.57. The predicted octanol–water partition coefficient (Wildman–Crippen LogP) is -1.26. The minimum atomic E-state index is -4.29. The van der Waals surface area contributed by atoms with E-state index in [1.54, 1.807) is 0 Å². The van der Waals surface area contributed by atoms with Crippen LogP contribution in [0.1, 0.15) is 0 Å². The van der Waals surface area contributed by atoms with Crippen LogP contribution < -0.4 is 0 Å². The van der Waals surface area contributed by atoms with Gasteiger partial charge in [0.2, 0.25) is 0 Å². The molecule has 76 valence electrons. The maximum Gasteiger partial charge on any atom is 0.303 e. The van der Waals surface area contributed by atoms with Gasteiger partial charge in [-0.1, -0.05) is 0 Å². The Morgan fingerprint density at radius 1 is 1.15 bits per heavy atom. The molecule has 2 fully saturated rings. The second-order valence-electron chi connectivity index (χ2n) is 2.76. The molecular formula is C4H5FO6S2. The summed E-state index contributed by atoms with van der Waals surface area (Å²) in [7, 11) is -8.11. The Hall–Kier alpha value is -0.250. The Balaban J connectivity index is 2.36. The molecule has 2 heterocycles. The molecule has 2 aliphatic rings. The summed E-state index contributed by atoms with van der Waals surface area (Å²) in [5.74, 6) is -0.614. The first-order valence-corrected chi connectivity index (χ1v) is 6.34. The quantitative estimate of drug-likeness (QED) is 0.484. The van der Waals surface area contributed by atoms with Crippen molar-refractivity contribution in [3.63, 3.8) is 0 Å². The number of halogens is 1. The van der Waals surface area contributed by atoms with Gasteiger partial charge in [0.05, 0.1) is 0 Å². The van der Waals surface area contributed by atoms with Gasteiger partial charge in [-0.2, -0.15) is 16.8 Å². The largest absolute Gasteiger partial charge is 0.303 e. The van der Waals surface area contributed by atoms with Gasteiger partial charge in [-0.3, -0.25) is 8.37 Å². The maximum absolute atomic E-state index is 12.9. The second kappa shape index (κ2) is 2.41. The van der Waals surface area contributed by atoms with Crippen molar-refractivity contribution in [3.8, 4) is 0 Å². The summed E-state index contributed by atoms with van der Waals surface area (Å²) in [5.41, 5.74) is -2.41. The van der Waals surface area contributed by atoms with E-state index in [-0.39, 0.29) is 0 Å². The molecule has 9 heteroatoms. The fourth-order valence-corrected chi connectivity index (χ4v) is 3.89. The molecule has 0 amide bonds. The molecule has 0 aromatic rings. The molecule has 2 unspecified atom stereocenters. The first-order valence-electron chi connectivity index (χ1n) is 3.29. The van der Waals surface area contributed by atoms with Gasteiger partial charge in [0.1, 0.15) is 11.9 Å². The van der Waals surface area contributed by atoms with E-state index in [0.29, 0.717) is 0 Å². The second-order valence-corrected chi connectivity index (χ2v) is 6.03. The molecule has 0 aromatic heterocycles. The lowest BCUT2D eigenvalue weighted by molar-refractivity contribution is 0.116. The molecule has 13 heavy (non-hydrogen) atoms. The normalized spacial score (nSPS) is 46.1. The van der Waals surface area contributed by atoms with Crippen molar-refractivity contribution >= 4 is 20.2 Å². The molecule has 3 atom stereocenters. The SMILES string of the molecule is O=S1(=O)CC2OS(=O)(=O)[C@H](F)C2O1. The average molecular weight is 232 g/mol. The summed E-state index contributed by atoms with van der Waals surface area (Å²) in [4.78, 5) is 0. The van der Waals surface area contributed by atoms with Gasteiger partial charge in [-0.05, 0) is 0 Å². The summed E-state index contributed by atoms with van der Waals surface area (Å²) in [6.07, 6.45) is -2.76. The third-order valence-corrected chi connectivity index (χ3v) is 4.37. The summed E-state index contributed by atoms with van der Waals surface area (Å²) in [6.45, 7) is 0. The van der Waals surface area contributed by atoms with E-state index in [0.717, 1.165) is 0 Å². The molecular weight excluding hydrogens is 227 g/mol. The molecule has 2 saturated heterocycles. The molecule has 0 radical (unpaired) electrons. The van der Waals surface area contributed by atoms with Gasteiger partial charge in [0, 0.05) is 0 Å². The fourth-order valence-electron chi connectivity index (χ4n) is 1.25. The third-order valence-electron chi connectivity index (χ3n) is 1.78. The molecule has 2 aliphatic heterocycles. The standard InChI is InChI=1S/C4H5FO6S2/c5-4-3-2(10-13(4,8)9)1-12(6,7)11-3/h2-4H,1H2/t2?,3?,4-/m0/s1. The van der Waals surface area contributed by atoms with Crippen molar-refractivity contribution in [1.29, 1.82) is 0 Å². The lowest BCUT2D eigenvalue weighted by Gasteiger charge is -2.02. The molecule has 0 spiro atoms. The van der Waals surface area contributed by atoms with E-state index in [4.69, 9.17) is 0 Å². The Morgan fingerprint density at radius 2 is 1.77 bits per heavy atom. The van der Waals surface area contributed by atoms with Crippen LogP contribution in [0.2, 0.25) is 0 Å². The number of alkyl halides is 1. The highest BCUT2D eigenvalue weighted by molar-refractivity contribution is 7.88. The van der Waals surface area contributed by atoms with Crippen molar-refractivity contribution in [3.05, 3.63) is 0 Å². The lowest BCUT2D eigenvalue weighted by Crippen LogP contribution is -2.25. The Bertz CT molecular complexity index is 424. The first kappa shape index (κ1) is 9.31. The van der Waals surface area contributed by atoms with Gasteiger partial charge < -0.3 is 0 Å². The van der Waals surface area contributed by atoms with Crippen LogP contribution >= 0.6 is 0 Å². The van der Waals surface area contributed by atoms with E-state index in [1.165, 1.54) is 0 Å². The molecule has 0 aromatic carbocycles. The maximum atomic E-state index is 12.9. The smallest absolute Gasteiger partial charge is 0.260 e. The summed E-state index contributed by atoms with van der Waals surface area (Å²) in [6, 6.07) is 0. The van der Waals surface area contributed by atoms with E-state index >= 15 is 0 Å². The van der Waals surface area contributed by atoms with E-state index in [1.807, 2.05) is 0 Å². The van der Waals surface area contributed by atoms with Crippen LogP contribution in [0.3, 0.4) is 0 Å². The van der Waals surface area contributed by atoms with Gasteiger partial charge >= 0.3 is 10.1 Å². The number of hydrogen-bond acceptors (Lipinski definition) is 6. The number of fused-ring (bicyclic) bond motifs is 1. The Kier molecular flexibility index (Phi) is 1.72. The van der Waals surface area contributed by atoms with Crippen LogP contribution in [0.25, 0.3) is 0 Å². The minimum Gasteiger partial charge on any atom is -0.260 e. The van der Waals surface area contributed by atoms with Crippen molar-refractivity contribution in [2.75, 3.05) is 5.75 Å². The highest BCUT2D eigenvalue weighted by Crippen LogP contribution is 2.34. The Labute approximate surface area is 73.9 Å². The average Bonchev–Trinajstić information content (AvgIpc) is 2.30. The van der Waals surface area contributed by atoms with Crippen LogP contribution in [0.15, 0.2) is 0 Å². The van der Waals surface area contributed by atoms with Crippen molar-refractivity contribution in [1.82, 2.24) is 0 Å². The summed E-state index contributed by atoms with van der Waals surface area (Å²) >= 11 is 0. The summed E-state index contributed by atoms with van der Waals surface area (Å²) < 4.78 is 64.2. The number of rotatable bonds is 0. The highest BCUT2D eigenvalue weighted by atomic mass is 32.2. The van der Waals surface area contributed by atoms with Crippen molar-refractivity contribution < 1.29 is 29.6 Å².